The molecule has 1 amide bonds. The number of rotatable bonds is 3. The van der Waals surface area contributed by atoms with E-state index in [0.29, 0.717) is 24.5 Å². The fraction of sp³-hybridized carbons (Fsp3) is 0.316. The molecular weight excluding hydrogens is 362 g/mol. The van der Waals surface area contributed by atoms with Crippen molar-refractivity contribution in [3.63, 3.8) is 0 Å². The van der Waals surface area contributed by atoms with Gasteiger partial charge in [-0.15, -0.1) is 0 Å². The van der Waals surface area contributed by atoms with Crippen LogP contribution < -0.4 is 10.2 Å². The van der Waals surface area contributed by atoms with Gasteiger partial charge in [0.25, 0.3) is 5.91 Å². The number of carbonyl (C=O) groups excluding carboxylic acids is 1. The molecule has 2 aromatic carbocycles. The minimum Gasteiger partial charge on any atom is -0.372 e. The zero-order chi connectivity index (χ0) is 18.8. The Hall–Kier alpha value is -2.18. The topological polar surface area (TPSA) is 41.6 Å². The minimum atomic E-state index is -0.532. The van der Waals surface area contributed by atoms with Crippen molar-refractivity contribution in [2.45, 2.75) is 26.1 Å². The van der Waals surface area contributed by atoms with Gasteiger partial charge in [0, 0.05) is 18.8 Å². The summed E-state index contributed by atoms with van der Waals surface area (Å²) in [7, 11) is 0. The molecule has 0 aliphatic carbocycles. The van der Waals surface area contributed by atoms with E-state index in [2.05, 4.69) is 5.32 Å². The lowest BCUT2D eigenvalue weighted by Gasteiger charge is -2.37. The molecule has 1 aliphatic heterocycles. The Labute approximate surface area is 155 Å². The smallest absolute Gasteiger partial charge is 0.257 e. The summed E-state index contributed by atoms with van der Waals surface area (Å²) in [5, 5.41) is 2.57. The second kappa shape index (κ2) is 7.60. The molecular formula is C19H19ClF2N2O2. The predicted molar refractivity (Wildman–Crippen MR) is 98.0 cm³/mol. The predicted octanol–water partition coefficient (Wildman–Crippen LogP) is 4.48. The summed E-state index contributed by atoms with van der Waals surface area (Å²) in [5.41, 5.74) is 0.879. The van der Waals surface area contributed by atoms with Crippen molar-refractivity contribution in [1.29, 1.82) is 0 Å². The molecule has 1 aliphatic rings. The summed E-state index contributed by atoms with van der Waals surface area (Å²) in [5.74, 6) is -1.50. The van der Waals surface area contributed by atoms with E-state index in [4.69, 9.17) is 16.3 Å². The van der Waals surface area contributed by atoms with Crippen LogP contribution in [-0.4, -0.2) is 31.2 Å². The highest BCUT2D eigenvalue weighted by Crippen LogP contribution is 2.27. The van der Waals surface area contributed by atoms with Crippen LogP contribution in [0.5, 0.6) is 0 Å². The van der Waals surface area contributed by atoms with Gasteiger partial charge in [0.05, 0.1) is 28.5 Å². The first-order chi connectivity index (χ1) is 12.3. The molecule has 3 rings (SSSR count). The highest BCUT2D eigenvalue weighted by Gasteiger charge is 2.24. The van der Waals surface area contributed by atoms with Crippen molar-refractivity contribution >= 4 is 28.9 Å². The summed E-state index contributed by atoms with van der Waals surface area (Å²) >= 11 is 5.88. The van der Waals surface area contributed by atoms with E-state index in [0.717, 1.165) is 12.1 Å². The molecule has 0 spiro atoms. The lowest BCUT2D eigenvalue weighted by atomic mass is 10.1. The van der Waals surface area contributed by atoms with E-state index in [1.165, 1.54) is 12.1 Å². The quantitative estimate of drug-likeness (QED) is 0.853. The molecule has 2 atom stereocenters. The first-order valence-corrected chi connectivity index (χ1v) is 8.67. The van der Waals surface area contributed by atoms with E-state index in [1.807, 2.05) is 18.7 Å². The number of nitrogens with zero attached hydrogens (tertiary/aromatic N) is 1. The zero-order valence-electron chi connectivity index (χ0n) is 14.4. The molecule has 0 saturated carbocycles. The van der Waals surface area contributed by atoms with Gasteiger partial charge in [-0.25, -0.2) is 8.78 Å². The van der Waals surface area contributed by atoms with Gasteiger partial charge in [-0.2, -0.15) is 0 Å². The lowest BCUT2D eigenvalue weighted by Crippen LogP contribution is -2.45. The maximum atomic E-state index is 14.6. The summed E-state index contributed by atoms with van der Waals surface area (Å²) in [6.07, 6.45) is 0.0243. The Morgan fingerprint density at radius 1 is 1.15 bits per heavy atom. The first kappa shape index (κ1) is 18.6. The van der Waals surface area contributed by atoms with Gasteiger partial charge in [0.15, 0.2) is 0 Å². The number of benzene rings is 2. The highest BCUT2D eigenvalue weighted by atomic mass is 35.5. The summed E-state index contributed by atoms with van der Waals surface area (Å²) < 4.78 is 33.3. The second-order valence-corrected chi connectivity index (χ2v) is 6.81. The highest BCUT2D eigenvalue weighted by molar-refractivity contribution is 6.34. The second-order valence-electron chi connectivity index (χ2n) is 6.41. The molecule has 1 heterocycles. The van der Waals surface area contributed by atoms with Gasteiger partial charge < -0.3 is 15.0 Å². The number of amides is 1. The Kier molecular flexibility index (Phi) is 5.44. The molecule has 1 saturated heterocycles. The number of anilines is 2. The number of carbonyl (C=O) groups is 1. The van der Waals surface area contributed by atoms with Crippen LogP contribution in [0.15, 0.2) is 36.4 Å². The van der Waals surface area contributed by atoms with Gasteiger partial charge >= 0.3 is 0 Å². The zero-order valence-corrected chi connectivity index (χ0v) is 15.2. The van der Waals surface area contributed by atoms with E-state index in [-0.39, 0.29) is 22.8 Å². The molecule has 0 aromatic heterocycles. The number of hydrogen-bond acceptors (Lipinski definition) is 3. The van der Waals surface area contributed by atoms with Crippen LogP contribution in [0.2, 0.25) is 5.02 Å². The SMILES string of the molecule is CC1CN(c2ccc(NC(=O)c3ccc(F)cc3Cl)cc2F)CC(C)O1. The molecule has 26 heavy (non-hydrogen) atoms. The monoisotopic (exact) mass is 380 g/mol. The molecule has 0 radical (unpaired) electrons. The molecule has 2 aromatic rings. The third kappa shape index (κ3) is 4.14. The lowest BCUT2D eigenvalue weighted by molar-refractivity contribution is -0.00539. The largest absolute Gasteiger partial charge is 0.372 e. The van der Waals surface area contributed by atoms with Crippen LogP contribution in [0, 0.1) is 11.6 Å². The number of hydrogen-bond donors (Lipinski definition) is 1. The summed E-state index contributed by atoms with van der Waals surface area (Å²) in [6, 6.07) is 8.00. The molecule has 7 heteroatoms. The summed E-state index contributed by atoms with van der Waals surface area (Å²) in [4.78, 5) is 14.2. The minimum absolute atomic E-state index is 0.00381. The molecule has 1 fully saturated rings. The standard InChI is InChI=1S/C19H19ClF2N2O2/c1-11-9-24(10-12(2)26-11)18-6-4-14(8-17(18)22)23-19(25)15-5-3-13(21)7-16(15)20/h3-8,11-12H,9-10H2,1-2H3,(H,23,25). The average Bonchev–Trinajstić information content (AvgIpc) is 2.53. The van der Waals surface area contributed by atoms with E-state index in [9.17, 15) is 13.6 Å². The molecule has 2 unspecified atom stereocenters. The average molecular weight is 381 g/mol. The van der Waals surface area contributed by atoms with Crippen molar-refractivity contribution in [2.75, 3.05) is 23.3 Å². The van der Waals surface area contributed by atoms with Crippen molar-refractivity contribution in [3.05, 3.63) is 58.6 Å². The van der Waals surface area contributed by atoms with Gasteiger partial charge in [-0.3, -0.25) is 4.79 Å². The van der Waals surface area contributed by atoms with Crippen molar-refractivity contribution in [1.82, 2.24) is 0 Å². The first-order valence-electron chi connectivity index (χ1n) is 8.30. The van der Waals surface area contributed by atoms with Crippen molar-refractivity contribution in [2.24, 2.45) is 0 Å². The molecule has 4 nitrogen and oxygen atoms in total. The number of halogens is 3. The van der Waals surface area contributed by atoms with Crippen LogP contribution in [0.4, 0.5) is 20.2 Å². The summed E-state index contributed by atoms with van der Waals surface area (Å²) in [6.45, 7) is 5.08. The Morgan fingerprint density at radius 2 is 1.85 bits per heavy atom. The van der Waals surface area contributed by atoms with Crippen LogP contribution in [0.1, 0.15) is 24.2 Å². The van der Waals surface area contributed by atoms with Crippen LogP contribution in [0.25, 0.3) is 0 Å². The van der Waals surface area contributed by atoms with Crippen LogP contribution in [0.3, 0.4) is 0 Å². The van der Waals surface area contributed by atoms with Crippen molar-refractivity contribution in [3.8, 4) is 0 Å². The van der Waals surface area contributed by atoms with Gasteiger partial charge in [0.2, 0.25) is 0 Å². The van der Waals surface area contributed by atoms with E-state index < -0.39 is 17.5 Å². The normalized spacial score (nSPS) is 20.1. The van der Waals surface area contributed by atoms with Crippen LogP contribution >= 0.6 is 11.6 Å². The fourth-order valence-electron chi connectivity index (χ4n) is 3.09. The third-order valence-electron chi connectivity index (χ3n) is 4.14. The fourth-order valence-corrected chi connectivity index (χ4v) is 3.34. The Balaban J connectivity index is 1.76. The van der Waals surface area contributed by atoms with Gasteiger partial charge in [-0.05, 0) is 50.2 Å². The van der Waals surface area contributed by atoms with E-state index in [1.54, 1.807) is 12.1 Å². The third-order valence-corrected chi connectivity index (χ3v) is 4.45. The molecule has 0 bridgehead atoms. The van der Waals surface area contributed by atoms with Gasteiger partial charge in [-0.1, -0.05) is 11.6 Å². The Bertz CT molecular complexity index is 821. The van der Waals surface area contributed by atoms with Crippen LogP contribution in [-0.2, 0) is 4.74 Å². The number of morpholine rings is 1. The van der Waals surface area contributed by atoms with Gasteiger partial charge in [0.1, 0.15) is 11.6 Å². The maximum absolute atomic E-state index is 14.6. The molecule has 138 valence electrons. The number of nitrogens with one attached hydrogen (secondary N) is 1. The molecule has 1 N–H and O–H groups in total. The number of ether oxygens (including phenoxy) is 1. The maximum Gasteiger partial charge on any atom is 0.257 e. The van der Waals surface area contributed by atoms with E-state index >= 15 is 0 Å². The van der Waals surface area contributed by atoms with Crippen molar-refractivity contribution < 1.29 is 18.3 Å². The Morgan fingerprint density at radius 3 is 2.46 bits per heavy atom.